The highest BCUT2D eigenvalue weighted by Crippen LogP contribution is 2.17. The van der Waals surface area contributed by atoms with E-state index in [9.17, 15) is 14.4 Å². The lowest BCUT2D eigenvalue weighted by Crippen LogP contribution is -2.47. The molecule has 0 saturated heterocycles. The lowest BCUT2D eigenvalue weighted by molar-refractivity contribution is -0.137. The molecular formula is C22H22N4O4. The quantitative estimate of drug-likeness (QED) is 0.551. The van der Waals surface area contributed by atoms with Crippen molar-refractivity contribution in [3.63, 3.8) is 0 Å². The first kappa shape index (κ1) is 20.8. The van der Waals surface area contributed by atoms with Crippen LogP contribution in [0.3, 0.4) is 0 Å². The Labute approximate surface area is 173 Å². The van der Waals surface area contributed by atoms with Crippen molar-refractivity contribution >= 4 is 17.6 Å². The number of benzene rings is 2. The third-order valence-electron chi connectivity index (χ3n) is 4.53. The Hall–Kier alpha value is -3.94. The van der Waals surface area contributed by atoms with Crippen molar-refractivity contribution in [1.29, 1.82) is 0 Å². The van der Waals surface area contributed by atoms with E-state index in [-0.39, 0.29) is 12.1 Å². The monoisotopic (exact) mass is 406 g/mol. The van der Waals surface area contributed by atoms with Crippen LogP contribution in [0.25, 0.3) is 5.69 Å². The van der Waals surface area contributed by atoms with E-state index in [0.29, 0.717) is 17.1 Å². The molecule has 0 aliphatic heterocycles. The van der Waals surface area contributed by atoms with E-state index >= 15 is 0 Å². The number of hydrogen-bond acceptors (Lipinski definition) is 5. The summed E-state index contributed by atoms with van der Waals surface area (Å²) in [6.45, 7) is 1.76. The van der Waals surface area contributed by atoms with Gasteiger partial charge in [-0.15, -0.1) is 0 Å². The van der Waals surface area contributed by atoms with Crippen molar-refractivity contribution < 1.29 is 19.1 Å². The third kappa shape index (κ3) is 4.72. The minimum absolute atomic E-state index is 0.143. The van der Waals surface area contributed by atoms with Gasteiger partial charge in [0.2, 0.25) is 5.78 Å². The molecule has 0 spiro atoms. The Bertz CT molecular complexity index is 1060. The average Bonchev–Trinajstić information content (AvgIpc) is 3.15. The van der Waals surface area contributed by atoms with Crippen molar-refractivity contribution in [3.05, 3.63) is 77.6 Å². The second-order valence-electron chi connectivity index (χ2n) is 6.73. The van der Waals surface area contributed by atoms with Gasteiger partial charge in [0.15, 0.2) is 0 Å². The lowest BCUT2D eigenvalue weighted by atomic mass is 10.0. The number of nitrogens with zero attached hydrogens (tertiary/aromatic N) is 2. The van der Waals surface area contributed by atoms with E-state index in [1.54, 1.807) is 56.5 Å². The molecule has 154 valence electrons. The zero-order valence-corrected chi connectivity index (χ0v) is 16.7. The summed E-state index contributed by atoms with van der Waals surface area (Å²) in [4.78, 5) is 36.8. The second kappa shape index (κ2) is 9.04. The minimum Gasteiger partial charge on any atom is -0.497 e. The number of carbonyl (C=O) groups excluding carboxylic acids is 3. The molecule has 0 saturated carbocycles. The molecule has 0 aliphatic rings. The van der Waals surface area contributed by atoms with Gasteiger partial charge in [0.05, 0.1) is 18.5 Å². The summed E-state index contributed by atoms with van der Waals surface area (Å²) >= 11 is 0. The zero-order valence-electron chi connectivity index (χ0n) is 16.7. The normalized spacial score (nSPS) is 11.5. The predicted molar refractivity (Wildman–Crippen MR) is 110 cm³/mol. The predicted octanol–water partition coefficient (Wildman–Crippen LogP) is 1.58. The summed E-state index contributed by atoms with van der Waals surface area (Å²) in [6.07, 6.45) is 0.143. The molecule has 2 aromatic carbocycles. The Balaban J connectivity index is 1.88. The van der Waals surface area contributed by atoms with Gasteiger partial charge in [-0.3, -0.25) is 14.4 Å². The highest BCUT2D eigenvalue weighted by atomic mass is 16.5. The number of nitrogens with one attached hydrogen (secondary N) is 1. The molecule has 1 atom stereocenters. The van der Waals surface area contributed by atoms with Crippen molar-refractivity contribution in [3.8, 4) is 11.4 Å². The van der Waals surface area contributed by atoms with Crippen LogP contribution in [-0.2, 0) is 16.0 Å². The van der Waals surface area contributed by atoms with E-state index in [1.165, 1.54) is 4.68 Å². The number of methoxy groups -OCH3 is 1. The lowest BCUT2D eigenvalue weighted by Gasteiger charge is -2.17. The van der Waals surface area contributed by atoms with Crippen LogP contribution < -0.4 is 15.8 Å². The van der Waals surface area contributed by atoms with Crippen molar-refractivity contribution in [1.82, 2.24) is 15.1 Å². The number of ketones is 1. The van der Waals surface area contributed by atoms with Crippen molar-refractivity contribution in [2.75, 3.05) is 7.11 Å². The first-order chi connectivity index (χ1) is 14.4. The molecule has 8 nitrogen and oxygen atoms in total. The van der Waals surface area contributed by atoms with Crippen LogP contribution in [0, 0.1) is 6.92 Å². The van der Waals surface area contributed by atoms with Crippen LogP contribution in [0.2, 0.25) is 0 Å². The standard InChI is InChI=1S/C22H22N4O4/c1-14-12-19(26(25-14)16-8-10-17(30-2)11-9-16)22(29)24-18(20(27)21(23)28)13-15-6-4-3-5-7-15/h3-12,18H,13H2,1-2H3,(H2,23,28)(H,24,29). The maximum Gasteiger partial charge on any atom is 0.287 e. The second-order valence-corrected chi connectivity index (χ2v) is 6.73. The number of primary amides is 1. The van der Waals surface area contributed by atoms with E-state index < -0.39 is 23.6 Å². The molecule has 0 fully saturated rings. The molecular weight excluding hydrogens is 384 g/mol. The molecule has 3 N–H and O–H groups in total. The zero-order chi connectivity index (χ0) is 21.7. The number of rotatable bonds is 8. The van der Waals surface area contributed by atoms with Crippen molar-refractivity contribution in [2.45, 2.75) is 19.4 Å². The van der Waals surface area contributed by atoms with E-state index in [1.807, 2.05) is 18.2 Å². The highest BCUT2D eigenvalue weighted by molar-refractivity contribution is 6.38. The molecule has 1 aromatic heterocycles. The molecule has 0 radical (unpaired) electrons. The number of aromatic nitrogens is 2. The smallest absolute Gasteiger partial charge is 0.287 e. The molecule has 3 rings (SSSR count). The van der Waals surface area contributed by atoms with Crippen LogP contribution in [0.1, 0.15) is 21.7 Å². The largest absolute Gasteiger partial charge is 0.497 e. The number of hydrogen-bond donors (Lipinski definition) is 2. The summed E-state index contributed by atoms with van der Waals surface area (Å²) in [6, 6.07) is 16.6. The first-order valence-electron chi connectivity index (χ1n) is 9.28. The van der Waals surface area contributed by atoms with Crippen LogP contribution in [0.15, 0.2) is 60.7 Å². The van der Waals surface area contributed by atoms with Crippen LogP contribution in [0.4, 0.5) is 0 Å². The van der Waals surface area contributed by atoms with Gasteiger partial charge in [-0.1, -0.05) is 30.3 Å². The first-order valence-corrected chi connectivity index (χ1v) is 9.28. The number of aryl methyl sites for hydroxylation is 1. The highest BCUT2D eigenvalue weighted by Gasteiger charge is 2.27. The summed E-state index contributed by atoms with van der Waals surface area (Å²) in [5.74, 6) is -1.83. The summed E-state index contributed by atoms with van der Waals surface area (Å²) in [5.41, 5.74) is 7.48. The van der Waals surface area contributed by atoms with Crippen LogP contribution in [0.5, 0.6) is 5.75 Å². The van der Waals surface area contributed by atoms with E-state index in [2.05, 4.69) is 10.4 Å². The van der Waals surface area contributed by atoms with Crippen LogP contribution in [-0.4, -0.2) is 40.5 Å². The number of carbonyl (C=O) groups is 3. The SMILES string of the molecule is COc1ccc(-n2nc(C)cc2C(=O)NC(Cc2ccccc2)C(=O)C(N)=O)cc1. The number of nitrogens with two attached hydrogens (primary N) is 1. The van der Waals surface area contributed by atoms with E-state index in [4.69, 9.17) is 10.5 Å². The molecule has 3 aromatic rings. The molecule has 8 heteroatoms. The fourth-order valence-electron chi connectivity index (χ4n) is 3.04. The van der Waals surface area contributed by atoms with E-state index in [0.717, 1.165) is 5.56 Å². The maximum atomic E-state index is 13.0. The average molecular weight is 406 g/mol. The number of amides is 2. The topological polar surface area (TPSA) is 116 Å². The van der Waals surface area contributed by atoms with Gasteiger partial charge in [-0.25, -0.2) is 4.68 Å². The van der Waals surface area contributed by atoms with Gasteiger partial charge in [-0.2, -0.15) is 5.10 Å². The molecule has 0 bridgehead atoms. The van der Waals surface area contributed by atoms with Gasteiger partial charge in [0.1, 0.15) is 17.5 Å². The molecule has 0 aliphatic carbocycles. The molecule has 1 heterocycles. The minimum atomic E-state index is -1.10. The summed E-state index contributed by atoms with van der Waals surface area (Å²) in [7, 11) is 1.56. The number of Topliss-reactive ketones (excluding diaryl/α,β-unsaturated/α-hetero) is 1. The Kier molecular flexibility index (Phi) is 6.26. The van der Waals surface area contributed by atoms with Crippen molar-refractivity contribution in [2.24, 2.45) is 5.73 Å². The van der Waals surface area contributed by atoms with Gasteiger partial charge >= 0.3 is 0 Å². The summed E-state index contributed by atoms with van der Waals surface area (Å²) < 4.78 is 6.63. The molecule has 2 amide bonds. The van der Waals surface area contributed by atoms with Gasteiger partial charge in [-0.05, 0) is 42.8 Å². The number of ether oxygens (including phenoxy) is 1. The van der Waals surface area contributed by atoms with Gasteiger partial charge in [0.25, 0.3) is 11.8 Å². The summed E-state index contributed by atoms with van der Waals surface area (Å²) in [5, 5.41) is 7.00. The fourth-order valence-corrected chi connectivity index (χ4v) is 3.04. The Morgan fingerprint density at radius 1 is 1.10 bits per heavy atom. The van der Waals surface area contributed by atoms with Crippen LogP contribution >= 0.6 is 0 Å². The maximum absolute atomic E-state index is 13.0. The molecule has 1 unspecified atom stereocenters. The fraction of sp³-hybridized carbons (Fsp3) is 0.182. The van der Waals surface area contributed by atoms with Gasteiger partial charge in [0, 0.05) is 6.42 Å². The Morgan fingerprint density at radius 2 is 1.77 bits per heavy atom. The Morgan fingerprint density at radius 3 is 2.37 bits per heavy atom. The third-order valence-corrected chi connectivity index (χ3v) is 4.53. The van der Waals surface area contributed by atoms with Gasteiger partial charge < -0.3 is 15.8 Å². The molecule has 30 heavy (non-hydrogen) atoms.